The molecule has 4 aromatic rings. The minimum Gasteiger partial charge on any atom is -0.492 e. The van der Waals surface area contributed by atoms with Crippen molar-refractivity contribution in [3.8, 4) is 5.75 Å². The average Bonchev–Trinajstić information content (AvgIpc) is 3.32. The van der Waals surface area contributed by atoms with Crippen LogP contribution in [0.5, 0.6) is 5.75 Å². The summed E-state index contributed by atoms with van der Waals surface area (Å²) in [4.78, 5) is 34.3. The van der Waals surface area contributed by atoms with Crippen molar-refractivity contribution in [2.75, 3.05) is 23.0 Å². The van der Waals surface area contributed by atoms with Crippen LogP contribution in [0.2, 0.25) is 5.02 Å². The lowest BCUT2D eigenvalue weighted by molar-refractivity contribution is -0.146. The number of carbonyl (C=O) groups excluding carboxylic acids is 2. The smallest absolute Gasteiger partial charge is 0.306 e. The molecule has 0 saturated heterocycles. The van der Waals surface area contributed by atoms with Crippen LogP contribution in [0.4, 0.5) is 21.6 Å². The monoisotopic (exact) mass is 664 g/mol. The number of fused-ring (bicyclic) bond motifs is 1. The summed E-state index contributed by atoms with van der Waals surface area (Å²) in [6.45, 7) is 9.21. The van der Waals surface area contributed by atoms with Gasteiger partial charge in [-0.1, -0.05) is 34.7 Å². The van der Waals surface area contributed by atoms with E-state index in [9.17, 15) is 14.0 Å². The standard InChI is InChI=1S/C28H30ClFN6O4S3/c1-6-39-22-13-20-17(24(32-14-31-20)33-16-7-8-19(30)18(29)11-16)12-21(22)34-25(38)28(4,5)36-27(41)43-26(35-36)42-10-9-23(37)40-15(2)3/h7-8,11-15H,6,9-10H2,1-5H3,(H,34,38)(H,31,32,33). The topological polar surface area (TPSA) is 120 Å². The largest absolute Gasteiger partial charge is 0.492 e. The summed E-state index contributed by atoms with van der Waals surface area (Å²) in [7, 11) is 0. The Morgan fingerprint density at radius 1 is 1.23 bits per heavy atom. The van der Waals surface area contributed by atoms with Crippen LogP contribution in [0.15, 0.2) is 41.0 Å². The summed E-state index contributed by atoms with van der Waals surface area (Å²) in [5.74, 6) is 0.105. The Morgan fingerprint density at radius 3 is 2.70 bits per heavy atom. The fraction of sp³-hybridized carbons (Fsp3) is 0.357. The maximum Gasteiger partial charge on any atom is 0.306 e. The third-order valence-electron chi connectivity index (χ3n) is 5.98. The number of esters is 1. The molecule has 2 heterocycles. The van der Waals surface area contributed by atoms with Crippen molar-refractivity contribution in [1.82, 2.24) is 19.7 Å². The number of anilines is 3. The Balaban J connectivity index is 1.58. The van der Waals surface area contributed by atoms with Gasteiger partial charge in [0.15, 0.2) is 8.29 Å². The van der Waals surface area contributed by atoms with E-state index in [1.165, 1.54) is 52.3 Å². The molecule has 0 radical (unpaired) electrons. The molecule has 1 amide bonds. The van der Waals surface area contributed by atoms with Gasteiger partial charge in [0.05, 0.1) is 35.4 Å². The quantitative estimate of drug-likeness (QED) is 0.0903. The predicted molar refractivity (Wildman–Crippen MR) is 171 cm³/mol. The molecule has 0 unspecified atom stereocenters. The van der Waals surface area contributed by atoms with E-state index >= 15 is 0 Å². The summed E-state index contributed by atoms with van der Waals surface area (Å²) < 4.78 is 27.2. The summed E-state index contributed by atoms with van der Waals surface area (Å²) in [5.41, 5.74) is 0.297. The van der Waals surface area contributed by atoms with Crippen LogP contribution in [0.25, 0.3) is 10.9 Å². The second kappa shape index (κ2) is 14.0. The van der Waals surface area contributed by atoms with E-state index in [1.54, 1.807) is 39.8 Å². The fourth-order valence-electron chi connectivity index (χ4n) is 3.85. The van der Waals surface area contributed by atoms with Crippen molar-refractivity contribution in [1.29, 1.82) is 0 Å². The highest BCUT2D eigenvalue weighted by molar-refractivity contribution is 8.01. The first-order valence-corrected chi connectivity index (χ1v) is 15.9. The second-order valence-electron chi connectivity index (χ2n) is 9.97. The van der Waals surface area contributed by atoms with E-state index in [-0.39, 0.29) is 29.4 Å². The molecule has 2 aromatic carbocycles. The summed E-state index contributed by atoms with van der Waals surface area (Å²) in [6.07, 6.45) is 1.45. The number of carbonyl (C=O) groups is 2. The number of aromatic nitrogens is 4. The lowest BCUT2D eigenvalue weighted by Gasteiger charge is -2.24. The fourth-order valence-corrected chi connectivity index (χ4v) is 6.63. The maximum absolute atomic E-state index is 13.7. The zero-order valence-corrected chi connectivity index (χ0v) is 27.3. The van der Waals surface area contributed by atoms with Gasteiger partial charge in [-0.05, 0) is 71.1 Å². The van der Waals surface area contributed by atoms with Crippen LogP contribution in [-0.2, 0) is 19.9 Å². The minimum absolute atomic E-state index is 0.0342. The highest BCUT2D eigenvalue weighted by Crippen LogP contribution is 2.35. The zero-order chi connectivity index (χ0) is 31.3. The Labute approximate surface area is 266 Å². The van der Waals surface area contributed by atoms with Crippen molar-refractivity contribution >= 4 is 86.9 Å². The van der Waals surface area contributed by atoms with Crippen molar-refractivity contribution in [2.24, 2.45) is 0 Å². The van der Waals surface area contributed by atoms with Crippen LogP contribution in [0.3, 0.4) is 0 Å². The number of amides is 1. The van der Waals surface area contributed by atoms with Gasteiger partial charge in [0.25, 0.3) is 5.91 Å². The van der Waals surface area contributed by atoms with Gasteiger partial charge in [-0.15, -0.1) is 0 Å². The first-order chi connectivity index (χ1) is 20.4. The third kappa shape index (κ3) is 7.99. The summed E-state index contributed by atoms with van der Waals surface area (Å²) >= 11 is 14.1. The van der Waals surface area contributed by atoms with Crippen LogP contribution in [0, 0.1) is 9.77 Å². The molecule has 0 atom stereocenters. The van der Waals surface area contributed by atoms with Gasteiger partial charge in [0.2, 0.25) is 0 Å². The average molecular weight is 665 g/mol. The number of ether oxygens (including phenoxy) is 2. The highest BCUT2D eigenvalue weighted by atomic mass is 35.5. The van der Waals surface area contributed by atoms with Crippen LogP contribution >= 0.6 is 46.9 Å². The third-order valence-corrected chi connectivity index (χ3v) is 8.64. The SMILES string of the molecule is CCOc1cc2ncnc(Nc3ccc(F)c(Cl)c3)c2cc1NC(=O)C(C)(C)n1nc(SCCC(=O)OC(C)C)sc1=S. The molecule has 0 aliphatic rings. The summed E-state index contributed by atoms with van der Waals surface area (Å²) in [6, 6.07) is 7.66. The number of hydrogen-bond donors (Lipinski definition) is 2. The van der Waals surface area contributed by atoms with E-state index in [1.807, 2.05) is 6.92 Å². The zero-order valence-electron chi connectivity index (χ0n) is 24.1. The van der Waals surface area contributed by atoms with Crippen molar-refractivity contribution in [3.63, 3.8) is 0 Å². The number of thioether (sulfide) groups is 1. The molecule has 2 N–H and O–H groups in total. The molecule has 228 valence electrons. The molecule has 0 spiro atoms. The van der Waals surface area contributed by atoms with Gasteiger partial charge >= 0.3 is 5.97 Å². The van der Waals surface area contributed by atoms with Gasteiger partial charge in [-0.25, -0.2) is 19.0 Å². The second-order valence-corrected chi connectivity index (χ2v) is 13.3. The first kappa shape index (κ1) is 32.6. The molecule has 10 nitrogen and oxygen atoms in total. The van der Waals surface area contributed by atoms with E-state index in [2.05, 4.69) is 25.7 Å². The van der Waals surface area contributed by atoms with Gasteiger partial charge < -0.3 is 20.1 Å². The molecule has 0 aliphatic carbocycles. The predicted octanol–water partition coefficient (Wildman–Crippen LogP) is 7.36. The molecular formula is C28H30ClFN6O4S3. The Hall–Kier alpha value is -3.33. The van der Waals surface area contributed by atoms with Crippen LogP contribution < -0.4 is 15.4 Å². The van der Waals surface area contributed by atoms with E-state index < -0.39 is 11.4 Å². The number of rotatable bonds is 12. The first-order valence-electron chi connectivity index (χ1n) is 13.3. The van der Waals surface area contributed by atoms with Gasteiger partial charge in [0, 0.05) is 22.9 Å². The van der Waals surface area contributed by atoms with Gasteiger partial charge in [-0.3, -0.25) is 9.59 Å². The molecule has 2 aromatic heterocycles. The number of nitrogens with zero attached hydrogens (tertiary/aromatic N) is 4. The Kier molecular flexibility index (Phi) is 10.6. The molecule has 43 heavy (non-hydrogen) atoms. The van der Waals surface area contributed by atoms with E-state index in [0.717, 1.165) is 0 Å². The Bertz CT molecular complexity index is 1710. The number of hydrogen-bond acceptors (Lipinski definition) is 11. The molecule has 4 rings (SSSR count). The van der Waals surface area contributed by atoms with Gasteiger partial charge in [-0.2, -0.15) is 5.10 Å². The van der Waals surface area contributed by atoms with E-state index in [4.69, 9.17) is 33.3 Å². The lowest BCUT2D eigenvalue weighted by atomic mass is 10.0. The Morgan fingerprint density at radius 2 is 2.00 bits per heavy atom. The van der Waals surface area contributed by atoms with Crippen molar-refractivity contribution < 1.29 is 23.5 Å². The maximum atomic E-state index is 13.7. The van der Waals surface area contributed by atoms with Crippen molar-refractivity contribution in [2.45, 2.75) is 57.0 Å². The van der Waals surface area contributed by atoms with Crippen LogP contribution in [0.1, 0.15) is 41.0 Å². The molecule has 0 bridgehead atoms. The molecule has 0 fully saturated rings. The van der Waals surface area contributed by atoms with Crippen molar-refractivity contribution in [3.05, 3.63) is 51.5 Å². The highest BCUT2D eigenvalue weighted by Gasteiger charge is 2.33. The number of halogens is 2. The molecular weight excluding hydrogens is 635 g/mol. The lowest BCUT2D eigenvalue weighted by Crippen LogP contribution is -2.41. The number of nitrogens with one attached hydrogen (secondary N) is 2. The number of benzene rings is 2. The van der Waals surface area contributed by atoms with Crippen LogP contribution in [-0.4, -0.2) is 50.1 Å². The molecule has 15 heteroatoms. The molecule has 0 aliphatic heterocycles. The van der Waals surface area contributed by atoms with Gasteiger partial charge in [0.1, 0.15) is 29.3 Å². The minimum atomic E-state index is -1.18. The summed E-state index contributed by atoms with van der Waals surface area (Å²) in [5, 5.41) is 11.2. The van der Waals surface area contributed by atoms with E-state index in [0.29, 0.717) is 54.5 Å². The molecule has 0 saturated carbocycles. The normalized spacial score (nSPS) is 11.5.